The van der Waals surface area contributed by atoms with E-state index in [4.69, 9.17) is 11.6 Å². The summed E-state index contributed by atoms with van der Waals surface area (Å²) in [5, 5.41) is 12.2. The van der Waals surface area contributed by atoms with E-state index in [1.165, 1.54) is 0 Å². The Kier molecular flexibility index (Phi) is 3.43. The van der Waals surface area contributed by atoms with Crippen molar-refractivity contribution in [2.75, 3.05) is 0 Å². The van der Waals surface area contributed by atoms with Crippen molar-refractivity contribution in [1.82, 2.24) is 4.98 Å². The Morgan fingerprint density at radius 1 is 1.05 bits per heavy atom. The summed E-state index contributed by atoms with van der Waals surface area (Å²) in [5.41, 5.74) is 3.25. The Morgan fingerprint density at radius 3 is 2.65 bits per heavy atom. The first-order valence-corrected chi connectivity index (χ1v) is 6.83. The van der Waals surface area contributed by atoms with Crippen molar-refractivity contribution in [2.24, 2.45) is 0 Å². The minimum absolute atomic E-state index is 0.628. The number of hydrogen-bond acceptors (Lipinski definition) is 2. The molecule has 0 radical (unpaired) electrons. The monoisotopic (exact) mass is 283 g/mol. The van der Waals surface area contributed by atoms with Gasteiger partial charge in [-0.25, -0.2) is 4.98 Å². The van der Waals surface area contributed by atoms with Crippen LogP contribution in [0.4, 0.5) is 0 Å². The van der Waals surface area contributed by atoms with Gasteiger partial charge >= 0.3 is 0 Å². The number of benzene rings is 2. The molecule has 3 heteroatoms. The molecule has 1 aromatic heterocycles. The van der Waals surface area contributed by atoms with Crippen LogP contribution >= 0.6 is 11.6 Å². The molecule has 3 aromatic rings. The molecule has 20 heavy (non-hydrogen) atoms. The fourth-order valence-electron chi connectivity index (χ4n) is 2.18. The number of aryl methyl sites for hydroxylation is 1. The van der Waals surface area contributed by atoms with Crippen molar-refractivity contribution >= 4 is 22.5 Å². The highest BCUT2D eigenvalue weighted by Gasteiger charge is 2.13. The molecule has 0 aliphatic carbocycles. The minimum atomic E-state index is -0.766. The van der Waals surface area contributed by atoms with Crippen LogP contribution in [0.3, 0.4) is 0 Å². The summed E-state index contributed by atoms with van der Waals surface area (Å²) in [7, 11) is 0. The van der Waals surface area contributed by atoms with Crippen molar-refractivity contribution < 1.29 is 5.11 Å². The molecule has 0 spiro atoms. The number of para-hydroxylation sites is 1. The number of aromatic nitrogens is 1. The molecule has 2 aromatic carbocycles. The Bertz CT molecular complexity index is 770. The summed E-state index contributed by atoms with van der Waals surface area (Å²) in [6.45, 7) is 1.94. The normalized spacial score (nSPS) is 12.6. The van der Waals surface area contributed by atoms with Crippen LogP contribution in [0.2, 0.25) is 5.02 Å². The topological polar surface area (TPSA) is 33.1 Å². The van der Waals surface area contributed by atoms with Gasteiger partial charge in [-0.2, -0.15) is 0 Å². The van der Waals surface area contributed by atoms with Gasteiger partial charge in [0.05, 0.1) is 11.2 Å². The second-order valence-electron chi connectivity index (χ2n) is 4.84. The summed E-state index contributed by atoms with van der Waals surface area (Å²) in [6, 6.07) is 17.2. The standard InChI is InChI=1S/C17H14ClNO/c1-11-6-7-13(10-14(11)18)17(20)16-9-8-12-4-2-3-5-15(12)19-16/h2-10,17,20H,1H3. The minimum Gasteiger partial charge on any atom is -0.382 e. The third kappa shape index (κ3) is 2.40. The van der Waals surface area contributed by atoms with Gasteiger partial charge in [0.25, 0.3) is 0 Å². The zero-order chi connectivity index (χ0) is 14.1. The average molecular weight is 284 g/mol. The molecule has 0 saturated heterocycles. The third-order valence-electron chi connectivity index (χ3n) is 3.41. The Balaban J connectivity index is 2.02. The molecule has 3 rings (SSSR count). The smallest absolute Gasteiger partial charge is 0.121 e. The highest BCUT2D eigenvalue weighted by Crippen LogP contribution is 2.26. The SMILES string of the molecule is Cc1ccc(C(O)c2ccc3ccccc3n2)cc1Cl. The molecule has 0 aliphatic rings. The number of halogens is 1. The van der Waals surface area contributed by atoms with E-state index in [9.17, 15) is 5.11 Å². The van der Waals surface area contributed by atoms with E-state index in [2.05, 4.69) is 4.98 Å². The molecule has 1 unspecified atom stereocenters. The predicted octanol–water partition coefficient (Wildman–Crippen LogP) is 4.28. The molecule has 1 heterocycles. The molecule has 0 bridgehead atoms. The second kappa shape index (κ2) is 5.23. The fourth-order valence-corrected chi connectivity index (χ4v) is 2.37. The van der Waals surface area contributed by atoms with Gasteiger partial charge in [0, 0.05) is 10.4 Å². The van der Waals surface area contributed by atoms with Crippen molar-refractivity contribution in [1.29, 1.82) is 0 Å². The van der Waals surface area contributed by atoms with Crippen LogP contribution in [0, 0.1) is 6.92 Å². The molecule has 100 valence electrons. The summed E-state index contributed by atoms with van der Waals surface area (Å²) in [5.74, 6) is 0. The first kappa shape index (κ1) is 13.1. The van der Waals surface area contributed by atoms with Crippen LogP contribution in [0.15, 0.2) is 54.6 Å². The lowest BCUT2D eigenvalue weighted by atomic mass is 10.0. The lowest BCUT2D eigenvalue weighted by Crippen LogP contribution is -2.02. The summed E-state index contributed by atoms with van der Waals surface area (Å²) >= 11 is 6.11. The number of aliphatic hydroxyl groups excluding tert-OH is 1. The average Bonchev–Trinajstić information content (AvgIpc) is 2.49. The van der Waals surface area contributed by atoms with Crippen LogP contribution in [0.25, 0.3) is 10.9 Å². The van der Waals surface area contributed by atoms with Gasteiger partial charge in [-0.1, -0.05) is 48.0 Å². The number of hydrogen-bond donors (Lipinski definition) is 1. The van der Waals surface area contributed by atoms with E-state index in [-0.39, 0.29) is 0 Å². The van der Waals surface area contributed by atoms with Gasteiger partial charge < -0.3 is 5.11 Å². The zero-order valence-corrected chi connectivity index (χ0v) is 11.8. The van der Waals surface area contributed by atoms with Gasteiger partial charge in [-0.3, -0.25) is 0 Å². The molecular formula is C17H14ClNO. The van der Waals surface area contributed by atoms with Crippen LogP contribution < -0.4 is 0 Å². The molecule has 1 N–H and O–H groups in total. The van der Waals surface area contributed by atoms with Gasteiger partial charge in [0.2, 0.25) is 0 Å². The first-order chi connectivity index (χ1) is 9.65. The van der Waals surface area contributed by atoms with E-state index < -0.39 is 6.10 Å². The number of rotatable bonds is 2. The van der Waals surface area contributed by atoms with Crippen LogP contribution in [0.1, 0.15) is 22.9 Å². The summed E-state index contributed by atoms with van der Waals surface area (Å²) in [6.07, 6.45) is -0.766. The number of nitrogens with zero attached hydrogens (tertiary/aromatic N) is 1. The van der Waals surface area contributed by atoms with Gasteiger partial charge in [0.15, 0.2) is 0 Å². The van der Waals surface area contributed by atoms with Crippen molar-refractivity contribution in [2.45, 2.75) is 13.0 Å². The van der Waals surface area contributed by atoms with Crippen LogP contribution in [-0.2, 0) is 0 Å². The number of pyridine rings is 1. The van der Waals surface area contributed by atoms with Gasteiger partial charge in [0.1, 0.15) is 6.10 Å². The Labute approximate surface area is 122 Å². The first-order valence-electron chi connectivity index (χ1n) is 6.45. The van der Waals surface area contributed by atoms with E-state index in [0.29, 0.717) is 10.7 Å². The molecule has 0 saturated carbocycles. The maximum Gasteiger partial charge on any atom is 0.121 e. The molecule has 0 aliphatic heterocycles. The van der Waals surface area contributed by atoms with Crippen molar-refractivity contribution in [3.63, 3.8) is 0 Å². The van der Waals surface area contributed by atoms with Gasteiger partial charge in [-0.15, -0.1) is 0 Å². The van der Waals surface area contributed by atoms with E-state index in [1.54, 1.807) is 6.07 Å². The zero-order valence-electron chi connectivity index (χ0n) is 11.0. The lowest BCUT2D eigenvalue weighted by Gasteiger charge is -2.12. The largest absolute Gasteiger partial charge is 0.382 e. The van der Waals surface area contributed by atoms with E-state index in [0.717, 1.165) is 22.0 Å². The second-order valence-corrected chi connectivity index (χ2v) is 5.25. The van der Waals surface area contributed by atoms with E-state index in [1.807, 2.05) is 55.5 Å². The molecule has 2 nitrogen and oxygen atoms in total. The van der Waals surface area contributed by atoms with Gasteiger partial charge in [-0.05, 0) is 36.2 Å². The van der Waals surface area contributed by atoms with Crippen LogP contribution in [0.5, 0.6) is 0 Å². The van der Waals surface area contributed by atoms with E-state index >= 15 is 0 Å². The summed E-state index contributed by atoms with van der Waals surface area (Å²) < 4.78 is 0. The summed E-state index contributed by atoms with van der Waals surface area (Å²) in [4.78, 5) is 4.51. The quantitative estimate of drug-likeness (QED) is 0.761. The maximum absolute atomic E-state index is 10.4. The van der Waals surface area contributed by atoms with Crippen molar-refractivity contribution in [3.05, 3.63) is 76.4 Å². The lowest BCUT2D eigenvalue weighted by molar-refractivity contribution is 0.216. The number of aliphatic hydroxyl groups is 1. The maximum atomic E-state index is 10.4. The fraction of sp³-hybridized carbons (Fsp3) is 0.118. The van der Waals surface area contributed by atoms with Crippen LogP contribution in [-0.4, -0.2) is 10.1 Å². The molecule has 0 fully saturated rings. The number of fused-ring (bicyclic) bond motifs is 1. The highest BCUT2D eigenvalue weighted by atomic mass is 35.5. The molecule has 0 amide bonds. The third-order valence-corrected chi connectivity index (χ3v) is 3.82. The van der Waals surface area contributed by atoms with Crippen molar-refractivity contribution in [3.8, 4) is 0 Å². The molecule has 1 atom stereocenters. The highest BCUT2D eigenvalue weighted by molar-refractivity contribution is 6.31. The Hall–Kier alpha value is -1.90. The molecular weight excluding hydrogens is 270 g/mol. The Morgan fingerprint density at radius 2 is 1.85 bits per heavy atom. The predicted molar refractivity (Wildman–Crippen MR) is 82.0 cm³/mol.